The number of tetrazole rings is 1. The third kappa shape index (κ3) is 4.22. The molecule has 1 saturated heterocycles. The van der Waals surface area contributed by atoms with E-state index in [0.717, 1.165) is 16.3 Å². The first-order valence-electron chi connectivity index (χ1n) is 8.95. The Morgan fingerprint density at radius 2 is 1.71 bits per heavy atom. The molecule has 0 N–H and O–H groups in total. The Kier molecular flexibility index (Phi) is 5.38. The zero-order valence-corrected chi connectivity index (χ0v) is 16.0. The van der Waals surface area contributed by atoms with Gasteiger partial charge in [-0.05, 0) is 10.4 Å². The van der Waals surface area contributed by atoms with Crippen LogP contribution in [0.3, 0.4) is 0 Å². The van der Waals surface area contributed by atoms with Gasteiger partial charge in [0.05, 0.1) is 12.1 Å². The summed E-state index contributed by atoms with van der Waals surface area (Å²) in [7, 11) is 0. The van der Waals surface area contributed by atoms with E-state index < -0.39 is 0 Å². The van der Waals surface area contributed by atoms with Gasteiger partial charge in [0.25, 0.3) is 0 Å². The van der Waals surface area contributed by atoms with Crippen LogP contribution in [0.25, 0.3) is 10.6 Å². The van der Waals surface area contributed by atoms with Crippen molar-refractivity contribution in [2.45, 2.75) is 13.0 Å². The van der Waals surface area contributed by atoms with Crippen LogP contribution in [-0.2, 0) is 22.6 Å². The summed E-state index contributed by atoms with van der Waals surface area (Å²) in [5, 5.41) is 13.6. The van der Waals surface area contributed by atoms with E-state index in [1.165, 1.54) is 11.0 Å². The van der Waals surface area contributed by atoms with Gasteiger partial charge in [-0.3, -0.25) is 9.59 Å². The lowest BCUT2D eigenvalue weighted by Gasteiger charge is -2.34. The third-order valence-electron chi connectivity index (χ3n) is 4.58. The van der Waals surface area contributed by atoms with Crippen molar-refractivity contribution in [1.29, 1.82) is 0 Å². The topological polar surface area (TPSA) is 97.1 Å². The molecule has 0 atom stereocenters. The van der Waals surface area contributed by atoms with E-state index in [4.69, 9.17) is 0 Å². The molecule has 2 aromatic heterocycles. The average Bonchev–Trinajstić information content (AvgIpc) is 3.41. The molecule has 2 amide bonds. The van der Waals surface area contributed by atoms with Gasteiger partial charge in [0.2, 0.25) is 11.8 Å². The molecule has 0 radical (unpaired) electrons. The fraction of sp³-hybridized carbons (Fsp3) is 0.333. The van der Waals surface area contributed by atoms with Gasteiger partial charge in [-0.1, -0.05) is 30.3 Å². The molecule has 28 heavy (non-hydrogen) atoms. The van der Waals surface area contributed by atoms with E-state index in [0.29, 0.717) is 26.2 Å². The Bertz CT molecular complexity index is 934. The first-order chi connectivity index (χ1) is 13.7. The van der Waals surface area contributed by atoms with Crippen LogP contribution in [0.1, 0.15) is 5.69 Å². The summed E-state index contributed by atoms with van der Waals surface area (Å²) >= 11 is 1.54. The van der Waals surface area contributed by atoms with E-state index in [9.17, 15) is 9.59 Å². The maximum atomic E-state index is 12.6. The van der Waals surface area contributed by atoms with Gasteiger partial charge in [-0.25, -0.2) is 9.67 Å². The quantitative estimate of drug-likeness (QED) is 0.629. The third-order valence-corrected chi connectivity index (χ3v) is 5.52. The fourth-order valence-electron chi connectivity index (χ4n) is 3.06. The van der Waals surface area contributed by atoms with Gasteiger partial charge in [0.1, 0.15) is 17.9 Å². The lowest BCUT2D eigenvalue weighted by Crippen LogP contribution is -2.51. The predicted octanol–water partition coefficient (Wildman–Crippen LogP) is 0.710. The Morgan fingerprint density at radius 1 is 1.00 bits per heavy atom. The van der Waals surface area contributed by atoms with Crippen molar-refractivity contribution in [3.8, 4) is 10.6 Å². The molecular formula is C18H19N7O2S. The number of rotatable bonds is 5. The normalized spacial score (nSPS) is 14.3. The number of benzene rings is 1. The minimum absolute atomic E-state index is 0.0393. The highest BCUT2D eigenvalue weighted by atomic mass is 32.1. The summed E-state index contributed by atoms with van der Waals surface area (Å²) in [5.74, 6) is -0.0103. The largest absolute Gasteiger partial charge is 0.339 e. The van der Waals surface area contributed by atoms with Gasteiger partial charge in [0, 0.05) is 37.1 Å². The van der Waals surface area contributed by atoms with E-state index in [1.54, 1.807) is 21.1 Å². The number of hydrogen-bond donors (Lipinski definition) is 0. The Balaban J connectivity index is 1.28. The molecule has 0 bridgehead atoms. The summed E-state index contributed by atoms with van der Waals surface area (Å²) in [4.78, 5) is 33.0. The van der Waals surface area contributed by atoms with Crippen LogP contribution >= 0.6 is 11.3 Å². The zero-order valence-electron chi connectivity index (χ0n) is 15.1. The van der Waals surface area contributed by atoms with Crippen LogP contribution < -0.4 is 0 Å². The van der Waals surface area contributed by atoms with Gasteiger partial charge in [-0.2, -0.15) is 0 Å². The molecule has 10 heteroatoms. The molecule has 0 unspecified atom stereocenters. The molecule has 3 heterocycles. The van der Waals surface area contributed by atoms with Gasteiger partial charge in [-0.15, -0.1) is 16.4 Å². The van der Waals surface area contributed by atoms with Crippen molar-refractivity contribution in [3.63, 3.8) is 0 Å². The zero-order chi connectivity index (χ0) is 19.3. The molecule has 9 nitrogen and oxygen atoms in total. The number of amides is 2. The van der Waals surface area contributed by atoms with Crippen LogP contribution in [0.4, 0.5) is 0 Å². The number of thiazole rings is 1. The Hall–Kier alpha value is -3.14. The van der Waals surface area contributed by atoms with Crippen molar-refractivity contribution in [2.24, 2.45) is 0 Å². The lowest BCUT2D eigenvalue weighted by atomic mass is 10.2. The lowest BCUT2D eigenvalue weighted by molar-refractivity contribution is -0.139. The van der Waals surface area contributed by atoms with Crippen molar-refractivity contribution < 1.29 is 9.59 Å². The van der Waals surface area contributed by atoms with E-state index in [1.807, 2.05) is 35.7 Å². The maximum Gasteiger partial charge on any atom is 0.244 e. The fourth-order valence-corrected chi connectivity index (χ4v) is 3.89. The first kappa shape index (κ1) is 18.2. The van der Waals surface area contributed by atoms with E-state index in [-0.39, 0.29) is 24.8 Å². The van der Waals surface area contributed by atoms with Crippen LogP contribution in [0, 0.1) is 0 Å². The molecule has 144 valence electrons. The van der Waals surface area contributed by atoms with Crippen molar-refractivity contribution >= 4 is 23.2 Å². The smallest absolute Gasteiger partial charge is 0.244 e. The SMILES string of the molecule is O=C(Cc1csc(-c2ccccc2)n1)N1CCN(C(=O)Cn2cnnn2)CC1. The van der Waals surface area contributed by atoms with Gasteiger partial charge in [0.15, 0.2) is 0 Å². The molecule has 1 aliphatic heterocycles. The van der Waals surface area contributed by atoms with Crippen LogP contribution in [-0.4, -0.2) is 73.0 Å². The highest BCUT2D eigenvalue weighted by Gasteiger charge is 2.25. The van der Waals surface area contributed by atoms with Crippen molar-refractivity contribution in [1.82, 2.24) is 35.0 Å². The molecule has 4 rings (SSSR count). The number of carbonyl (C=O) groups excluding carboxylic acids is 2. The number of aromatic nitrogens is 5. The Labute approximate surface area is 165 Å². The standard InChI is InChI=1S/C18H19N7O2S/c26-16(10-15-12-28-18(20-15)14-4-2-1-3-5-14)23-6-8-24(9-7-23)17(27)11-25-13-19-21-22-25/h1-5,12-13H,6-11H2. The molecule has 0 spiro atoms. The summed E-state index contributed by atoms with van der Waals surface area (Å²) < 4.78 is 1.40. The molecule has 0 aliphatic carbocycles. The van der Waals surface area contributed by atoms with E-state index >= 15 is 0 Å². The minimum Gasteiger partial charge on any atom is -0.339 e. The van der Waals surface area contributed by atoms with Crippen LogP contribution in [0.15, 0.2) is 42.0 Å². The minimum atomic E-state index is -0.0496. The monoisotopic (exact) mass is 397 g/mol. The number of nitrogens with zero attached hydrogens (tertiary/aromatic N) is 7. The number of hydrogen-bond acceptors (Lipinski definition) is 7. The highest BCUT2D eigenvalue weighted by molar-refractivity contribution is 7.13. The maximum absolute atomic E-state index is 12.6. The highest BCUT2D eigenvalue weighted by Crippen LogP contribution is 2.23. The second-order valence-electron chi connectivity index (χ2n) is 6.46. The van der Waals surface area contributed by atoms with E-state index in [2.05, 4.69) is 20.5 Å². The second-order valence-corrected chi connectivity index (χ2v) is 7.31. The van der Waals surface area contributed by atoms with Crippen molar-refractivity contribution in [3.05, 3.63) is 47.7 Å². The predicted molar refractivity (Wildman–Crippen MR) is 102 cm³/mol. The average molecular weight is 397 g/mol. The Morgan fingerprint density at radius 3 is 2.39 bits per heavy atom. The molecule has 1 aromatic carbocycles. The summed E-state index contributed by atoms with van der Waals surface area (Å²) in [5.41, 5.74) is 1.84. The first-order valence-corrected chi connectivity index (χ1v) is 9.83. The molecule has 1 fully saturated rings. The summed E-state index contributed by atoms with van der Waals surface area (Å²) in [6, 6.07) is 9.93. The molecule has 1 aliphatic rings. The van der Waals surface area contributed by atoms with Crippen molar-refractivity contribution in [2.75, 3.05) is 26.2 Å². The number of piperazine rings is 1. The molecule has 0 saturated carbocycles. The van der Waals surface area contributed by atoms with Crippen LogP contribution in [0.2, 0.25) is 0 Å². The second kappa shape index (κ2) is 8.26. The summed E-state index contributed by atoms with van der Waals surface area (Å²) in [6.45, 7) is 2.19. The summed E-state index contributed by atoms with van der Waals surface area (Å²) in [6.07, 6.45) is 1.69. The van der Waals surface area contributed by atoms with Gasteiger partial charge >= 0.3 is 0 Å². The molecular weight excluding hydrogens is 378 g/mol. The van der Waals surface area contributed by atoms with Gasteiger partial charge < -0.3 is 9.80 Å². The number of carbonyl (C=O) groups is 2. The molecule has 3 aromatic rings. The van der Waals surface area contributed by atoms with Crippen LogP contribution in [0.5, 0.6) is 0 Å².